The molecule has 0 aromatic rings. The van der Waals surface area contributed by atoms with E-state index in [0.29, 0.717) is 0 Å². The van der Waals surface area contributed by atoms with Gasteiger partial charge in [0, 0.05) is 6.92 Å². The molecule has 16 heavy (non-hydrogen) atoms. The van der Waals surface area contributed by atoms with Gasteiger partial charge in [-0.2, -0.15) is 0 Å². The van der Waals surface area contributed by atoms with Crippen LogP contribution in [0.1, 0.15) is 27.7 Å². The maximum absolute atomic E-state index is 11.7. The summed E-state index contributed by atoms with van der Waals surface area (Å²) in [7, 11) is 0. The highest BCUT2D eigenvalue weighted by atomic mass is 16.2. The third-order valence-corrected chi connectivity index (χ3v) is 2.09. The largest absolute Gasteiger partial charge is 0.368 e. The Morgan fingerprint density at radius 3 is 1.88 bits per heavy atom. The van der Waals surface area contributed by atoms with E-state index in [1.807, 2.05) is 0 Å². The Morgan fingerprint density at radius 2 is 1.56 bits per heavy atom. The maximum atomic E-state index is 11.7. The first-order valence-corrected chi connectivity index (χ1v) is 5.12. The summed E-state index contributed by atoms with van der Waals surface area (Å²) in [5, 5.41) is 4.96. The van der Waals surface area contributed by atoms with E-state index in [1.54, 1.807) is 13.8 Å². The van der Waals surface area contributed by atoms with Crippen LogP contribution in [0.4, 0.5) is 0 Å². The van der Waals surface area contributed by atoms with Gasteiger partial charge in [-0.15, -0.1) is 0 Å². The molecule has 92 valence electrons. The molecule has 6 nitrogen and oxygen atoms in total. The van der Waals surface area contributed by atoms with Crippen LogP contribution in [-0.2, 0) is 14.4 Å². The van der Waals surface area contributed by atoms with E-state index in [2.05, 4.69) is 10.6 Å². The van der Waals surface area contributed by atoms with Crippen LogP contribution in [-0.4, -0.2) is 29.8 Å². The number of primary amides is 1. The minimum Gasteiger partial charge on any atom is -0.368 e. The second-order valence-electron chi connectivity index (χ2n) is 4.05. The van der Waals surface area contributed by atoms with Crippen molar-refractivity contribution in [2.75, 3.05) is 0 Å². The molecule has 0 spiro atoms. The van der Waals surface area contributed by atoms with Gasteiger partial charge in [0.2, 0.25) is 17.7 Å². The molecule has 0 aliphatic carbocycles. The van der Waals surface area contributed by atoms with Gasteiger partial charge in [0.1, 0.15) is 12.1 Å². The van der Waals surface area contributed by atoms with Crippen molar-refractivity contribution in [2.45, 2.75) is 39.8 Å². The summed E-state index contributed by atoms with van der Waals surface area (Å²) >= 11 is 0. The standard InChI is InChI=1S/C10H19N3O3/c1-5(2)8(13-7(4)14)10(16)12-6(3)9(11)15/h5-6,8H,1-4H3,(H2,11,15)(H,12,16)(H,13,14). The lowest BCUT2D eigenvalue weighted by molar-refractivity contribution is -0.131. The number of rotatable bonds is 5. The summed E-state index contributed by atoms with van der Waals surface area (Å²) < 4.78 is 0. The molecule has 0 bridgehead atoms. The minimum absolute atomic E-state index is 0.0658. The van der Waals surface area contributed by atoms with Crippen LogP contribution in [0.2, 0.25) is 0 Å². The van der Waals surface area contributed by atoms with Crippen LogP contribution in [0, 0.1) is 5.92 Å². The molecular formula is C10H19N3O3. The molecule has 0 heterocycles. The molecule has 0 saturated heterocycles. The Bertz CT molecular complexity index is 289. The van der Waals surface area contributed by atoms with E-state index >= 15 is 0 Å². The van der Waals surface area contributed by atoms with Crippen molar-refractivity contribution in [1.82, 2.24) is 10.6 Å². The fourth-order valence-corrected chi connectivity index (χ4v) is 1.13. The van der Waals surface area contributed by atoms with E-state index < -0.39 is 23.9 Å². The molecule has 0 aromatic carbocycles. The SMILES string of the molecule is CC(=O)NC(C(=O)NC(C)C(N)=O)C(C)C. The molecule has 2 unspecified atom stereocenters. The van der Waals surface area contributed by atoms with Crippen molar-refractivity contribution in [3.63, 3.8) is 0 Å². The molecule has 4 N–H and O–H groups in total. The second kappa shape index (κ2) is 6.09. The molecule has 0 aliphatic rings. The summed E-state index contributed by atoms with van der Waals surface area (Å²) in [6, 6.07) is -1.40. The summed E-state index contributed by atoms with van der Waals surface area (Å²) in [6.07, 6.45) is 0. The molecule has 0 fully saturated rings. The number of hydrogen-bond acceptors (Lipinski definition) is 3. The zero-order valence-corrected chi connectivity index (χ0v) is 10.0. The number of carbonyl (C=O) groups is 3. The van der Waals surface area contributed by atoms with Crippen molar-refractivity contribution in [1.29, 1.82) is 0 Å². The van der Waals surface area contributed by atoms with Gasteiger partial charge in [0.25, 0.3) is 0 Å². The highest BCUT2D eigenvalue weighted by Gasteiger charge is 2.25. The summed E-state index contributed by atoms with van der Waals surface area (Å²) in [5.74, 6) is -1.38. The van der Waals surface area contributed by atoms with Crippen molar-refractivity contribution in [3.05, 3.63) is 0 Å². The van der Waals surface area contributed by atoms with E-state index in [1.165, 1.54) is 13.8 Å². The number of amides is 3. The lowest BCUT2D eigenvalue weighted by atomic mass is 10.0. The third kappa shape index (κ3) is 4.77. The van der Waals surface area contributed by atoms with Gasteiger partial charge in [0.05, 0.1) is 0 Å². The second-order valence-corrected chi connectivity index (χ2v) is 4.05. The fraction of sp³-hybridized carbons (Fsp3) is 0.700. The van der Waals surface area contributed by atoms with E-state index in [9.17, 15) is 14.4 Å². The van der Waals surface area contributed by atoms with Gasteiger partial charge < -0.3 is 16.4 Å². The van der Waals surface area contributed by atoms with Gasteiger partial charge in [-0.25, -0.2) is 0 Å². The predicted molar refractivity (Wildman–Crippen MR) is 59.2 cm³/mol. The van der Waals surface area contributed by atoms with Crippen LogP contribution < -0.4 is 16.4 Å². The number of nitrogens with one attached hydrogen (secondary N) is 2. The number of hydrogen-bond donors (Lipinski definition) is 3. The lowest BCUT2D eigenvalue weighted by Gasteiger charge is -2.22. The van der Waals surface area contributed by atoms with Crippen molar-refractivity contribution in [3.8, 4) is 0 Å². The monoisotopic (exact) mass is 229 g/mol. The fourth-order valence-electron chi connectivity index (χ4n) is 1.13. The first-order chi connectivity index (χ1) is 7.25. The zero-order valence-electron chi connectivity index (χ0n) is 10.0. The smallest absolute Gasteiger partial charge is 0.243 e. The van der Waals surface area contributed by atoms with Crippen molar-refractivity contribution < 1.29 is 14.4 Å². The summed E-state index contributed by atoms with van der Waals surface area (Å²) in [4.78, 5) is 33.4. The molecule has 6 heteroatoms. The lowest BCUT2D eigenvalue weighted by Crippen LogP contribution is -2.53. The molecule has 0 aliphatic heterocycles. The average molecular weight is 229 g/mol. The molecular weight excluding hydrogens is 210 g/mol. The van der Waals surface area contributed by atoms with E-state index in [-0.39, 0.29) is 11.8 Å². The molecule has 3 amide bonds. The van der Waals surface area contributed by atoms with Crippen LogP contribution in [0.15, 0.2) is 0 Å². The Balaban J connectivity index is 4.50. The maximum Gasteiger partial charge on any atom is 0.243 e. The van der Waals surface area contributed by atoms with Gasteiger partial charge in [-0.1, -0.05) is 13.8 Å². The predicted octanol–water partition coefficient (Wildman–Crippen LogP) is -0.863. The van der Waals surface area contributed by atoms with Crippen LogP contribution in [0.5, 0.6) is 0 Å². The van der Waals surface area contributed by atoms with E-state index in [0.717, 1.165) is 0 Å². The topological polar surface area (TPSA) is 101 Å². The Hall–Kier alpha value is -1.59. The molecule has 0 aromatic heterocycles. The normalized spacial score (nSPS) is 14.1. The molecule has 0 rings (SSSR count). The quantitative estimate of drug-likeness (QED) is 0.571. The molecule has 0 radical (unpaired) electrons. The number of nitrogens with two attached hydrogens (primary N) is 1. The number of carbonyl (C=O) groups excluding carboxylic acids is 3. The van der Waals surface area contributed by atoms with Gasteiger partial charge >= 0.3 is 0 Å². The minimum atomic E-state index is -0.748. The van der Waals surface area contributed by atoms with Crippen LogP contribution in [0.3, 0.4) is 0 Å². The van der Waals surface area contributed by atoms with Crippen LogP contribution >= 0.6 is 0 Å². The highest BCUT2D eigenvalue weighted by Crippen LogP contribution is 2.02. The highest BCUT2D eigenvalue weighted by molar-refractivity contribution is 5.91. The Kier molecular flexibility index (Phi) is 5.49. The zero-order chi connectivity index (χ0) is 12.9. The van der Waals surface area contributed by atoms with Crippen LogP contribution in [0.25, 0.3) is 0 Å². The average Bonchev–Trinajstić information content (AvgIpc) is 2.12. The van der Waals surface area contributed by atoms with Crippen molar-refractivity contribution in [2.24, 2.45) is 11.7 Å². The first-order valence-electron chi connectivity index (χ1n) is 5.12. The van der Waals surface area contributed by atoms with Gasteiger partial charge in [-0.05, 0) is 12.8 Å². The first kappa shape index (κ1) is 14.4. The van der Waals surface area contributed by atoms with Gasteiger partial charge in [0.15, 0.2) is 0 Å². The third-order valence-electron chi connectivity index (χ3n) is 2.09. The van der Waals surface area contributed by atoms with E-state index in [4.69, 9.17) is 5.73 Å². The van der Waals surface area contributed by atoms with Crippen molar-refractivity contribution >= 4 is 17.7 Å². The summed E-state index contributed by atoms with van der Waals surface area (Å²) in [6.45, 7) is 6.43. The van der Waals surface area contributed by atoms with Gasteiger partial charge in [-0.3, -0.25) is 14.4 Å². The summed E-state index contributed by atoms with van der Waals surface area (Å²) in [5.41, 5.74) is 5.02. The Morgan fingerprint density at radius 1 is 1.06 bits per heavy atom. The molecule has 2 atom stereocenters. The molecule has 0 saturated carbocycles. The Labute approximate surface area is 94.9 Å².